The highest BCUT2D eigenvalue weighted by atomic mass is 16.2. The number of likely N-dealkylation sites (tertiary alicyclic amines) is 2. The number of hydrogen-bond acceptors (Lipinski definition) is 13. The molecule has 0 aromatic heterocycles. The van der Waals surface area contributed by atoms with E-state index in [0.29, 0.717) is 58.0 Å². The van der Waals surface area contributed by atoms with E-state index in [9.17, 15) is 33.6 Å². The van der Waals surface area contributed by atoms with Gasteiger partial charge in [-0.15, -0.1) is 0 Å². The van der Waals surface area contributed by atoms with Gasteiger partial charge >= 0.3 is 0 Å². The van der Waals surface area contributed by atoms with E-state index in [1.54, 1.807) is 27.7 Å². The average Bonchev–Trinajstić information content (AvgIpc) is 1.76. The Morgan fingerprint density at radius 2 is 0.771 bits per heavy atom. The summed E-state index contributed by atoms with van der Waals surface area (Å²) in [4.78, 5) is 166. The zero-order chi connectivity index (χ0) is 76.7. The Kier molecular flexibility index (Phi) is 34.2. The summed E-state index contributed by atoms with van der Waals surface area (Å²) < 4.78 is 0. The van der Waals surface area contributed by atoms with E-state index in [1.165, 1.54) is 44.1 Å². The molecule has 2 aliphatic heterocycles. The SMILES string of the molecule is CC(C)CN(CC(=O)N(CCCCN=C(N)N)CC(=O)N(CC(=O)N1CCCC1C(=O)N(CC(=O)N(CC(=O)N(CCCCN=C(N)N)CC(=O)N(CC(=O)N1CCCC1C(N)=O)C(C)C)CC(C)C)CC(c1ccccc1)c1ccccc1)C(C)C)C(=O)CNCC(c1ccccc1)c1ccccc1. The minimum Gasteiger partial charge on any atom is -0.370 e. The molecular formula is C78H115N17O10. The van der Waals surface area contributed by atoms with E-state index < -0.39 is 116 Å². The summed E-state index contributed by atoms with van der Waals surface area (Å²) in [5.74, 6) is -6.01. The van der Waals surface area contributed by atoms with Crippen molar-refractivity contribution in [3.05, 3.63) is 144 Å². The lowest BCUT2D eigenvalue weighted by molar-refractivity contribution is -0.151. The largest absolute Gasteiger partial charge is 0.370 e. The lowest BCUT2D eigenvalue weighted by Crippen LogP contribution is -2.56. The smallest absolute Gasteiger partial charge is 0.245 e. The fourth-order valence-corrected chi connectivity index (χ4v) is 13.5. The second-order valence-electron chi connectivity index (χ2n) is 28.7. The number of nitrogens with two attached hydrogens (primary N) is 5. The average molecular weight is 1450 g/mol. The number of rotatable bonds is 42. The zero-order valence-electron chi connectivity index (χ0n) is 62.9. The molecular weight excluding hydrogens is 1330 g/mol. The van der Waals surface area contributed by atoms with E-state index in [1.807, 2.05) is 125 Å². The van der Waals surface area contributed by atoms with Gasteiger partial charge in [0.05, 0.1) is 39.3 Å². The first kappa shape index (κ1) is 84.0. The van der Waals surface area contributed by atoms with Gasteiger partial charge in [0.1, 0.15) is 25.2 Å². The number of carbonyl (C=O) groups excluding carboxylic acids is 10. The van der Waals surface area contributed by atoms with E-state index in [2.05, 4.69) is 39.6 Å². The van der Waals surface area contributed by atoms with Crippen molar-refractivity contribution in [1.82, 2.24) is 49.4 Å². The van der Waals surface area contributed by atoms with Crippen LogP contribution in [0, 0.1) is 11.8 Å². The Morgan fingerprint density at radius 3 is 1.15 bits per heavy atom. The number of hydrogen-bond donors (Lipinski definition) is 6. The molecule has 0 spiro atoms. The normalized spacial score (nSPS) is 14.2. The van der Waals surface area contributed by atoms with Gasteiger partial charge in [0, 0.05) is 89.4 Å². The molecule has 2 heterocycles. The minimum atomic E-state index is -1.07. The number of nitrogens with zero attached hydrogens (tertiary/aromatic N) is 11. The van der Waals surface area contributed by atoms with Gasteiger partial charge in [-0.2, -0.15) is 0 Å². The van der Waals surface area contributed by atoms with Crippen LogP contribution in [-0.4, -0.2) is 257 Å². The van der Waals surface area contributed by atoms with Crippen molar-refractivity contribution in [2.24, 2.45) is 50.5 Å². The number of guanidine groups is 2. The third kappa shape index (κ3) is 26.9. The van der Waals surface area contributed by atoms with E-state index in [4.69, 9.17) is 28.7 Å². The van der Waals surface area contributed by atoms with Crippen molar-refractivity contribution in [2.75, 3.05) is 118 Å². The number of nitrogens with one attached hydrogen (secondary N) is 1. The van der Waals surface area contributed by atoms with Crippen molar-refractivity contribution in [1.29, 1.82) is 0 Å². The molecule has 6 rings (SSSR count). The van der Waals surface area contributed by atoms with Gasteiger partial charge < -0.3 is 78.1 Å². The van der Waals surface area contributed by atoms with Crippen molar-refractivity contribution < 1.29 is 47.9 Å². The highest BCUT2D eigenvalue weighted by Gasteiger charge is 2.41. The van der Waals surface area contributed by atoms with Crippen LogP contribution in [0.2, 0.25) is 0 Å². The lowest BCUT2D eigenvalue weighted by atomic mass is 9.90. The van der Waals surface area contributed by atoms with Crippen LogP contribution >= 0.6 is 0 Å². The second-order valence-corrected chi connectivity index (χ2v) is 28.7. The number of primary amides is 1. The van der Waals surface area contributed by atoms with E-state index in [-0.39, 0.29) is 114 Å². The Balaban J connectivity index is 1.25. The molecule has 105 heavy (non-hydrogen) atoms. The molecule has 0 aliphatic carbocycles. The molecule has 2 saturated heterocycles. The molecule has 4 aromatic rings. The van der Waals surface area contributed by atoms with Crippen molar-refractivity contribution >= 4 is 71.0 Å². The highest BCUT2D eigenvalue weighted by Crippen LogP contribution is 2.29. The predicted octanol–water partition coefficient (Wildman–Crippen LogP) is 3.74. The van der Waals surface area contributed by atoms with Gasteiger partial charge in [-0.3, -0.25) is 57.9 Å². The van der Waals surface area contributed by atoms with Gasteiger partial charge in [-0.05, 0) is 113 Å². The molecule has 572 valence electrons. The first-order valence-corrected chi connectivity index (χ1v) is 37.0. The Bertz CT molecular complexity index is 3440. The fraction of sp³-hybridized carbons (Fsp3) is 0.538. The van der Waals surface area contributed by atoms with Crippen LogP contribution in [0.1, 0.15) is 141 Å². The third-order valence-electron chi connectivity index (χ3n) is 18.9. The Labute approximate surface area is 620 Å². The maximum atomic E-state index is 15.8. The molecule has 27 heteroatoms. The van der Waals surface area contributed by atoms with Crippen molar-refractivity contribution in [3.8, 4) is 0 Å². The summed E-state index contributed by atoms with van der Waals surface area (Å²) in [6, 6.07) is 36.2. The summed E-state index contributed by atoms with van der Waals surface area (Å²) in [6.45, 7) is 13.6. The zero-order valence-corrected chi connectivity index (χ0v) is 62.9. The molecule has 2 aliphatic rings. The molecule has 0 saturated carbocycles. The third-order valence-corrected chi connectivity index (χ3v) is 18.9. The first-order chi connectivity index (χ1) is 50.1. The summed E-state index contributed by atoms with van der Waals surface area (Å²) in [6.07, 6.45) is 3.31. The molecule has 0 bridgehead atoms. The molecule has 2 fully saturated rings. The Hall–Kier alpha value is -9.92. The molecule has 2 atom stereocenters. The number of aliphatic imine (C=N–C) groups is 2. The molecule has 27 nitrogen and oxygen atoms in total. The van der Waals surface area contributed by atoms with Gasteiger partial charge in [0.15, 0.2) is 11.9 Å². The van der Waals surface area contributed by atoms with Gasteiger partial charge in [0.2, 0.25) is 59.1 Å². The highest BCUT2D eigenvalue weighted by molar-refractivity contribution is 5.96. The van der Waals surface area contributed by atoms with Crippen LogP contribution in [0.3, 0.4) is 0 Å². The van der Waals surface area contributed by atoms with Crippen LogP contribution in [0.25, 0.3) is 0 Å². The van der Waals surface area contributed by atoms with Crippen molar-refractivity contribution in [2.45, 2.75) is 143 Å². The summed E-state index contributed by atoms with van der Waals surface area (Å²) in [5, 5.41) is 3.36. The second kappa shape index (κ2) is 42.8. The summed E-state index contributed by atoms with van der Waals surface area (Å²) >= 11 is 0. The van der Waals surface area contributed by atoms with Gasteiger partial charge in [-0.25, -0.2) is 0 Å². The molecule has 2 unspecified atom stereocenters. The van der Waals surface area contributed by atoms with Crippen LogP contribution in [0.5, 0.6) is 0 Å². The van der Waals surface area contributed by atoms with Gasteiger partial charge in [-0.1, -0.05) is 149 Å². The molecule has 0 radical (unpaired) electrons. The quantitative estimate of drug-likeness (QED) is 0.0209. The van der Waals surface area contributed by atoms with Gasteiger partial charge in [0.25, 0.3) is 0 Å². The number of amides is 10. The number of carbonyl (C=O) groups is 10. The van der Waals surface area contributed by atoms with Crippen LogP contribution in [-0.2, 0) is 47.9 Å². The van der Waals surface area contributed by atoms with Crippen molar-refractivity contribution in [3.63, 3.8) is 0 Å². The number of unbranched alkanes of at least 4 members (excludes halogenated alkanes) is 2. The lowest BCUT2D eigenvalue weighted by Gasteiger charge is -2.36. The maximum absolute atomic E-state index is 15.8. The summed E-state index contributed by atoms with van der Waals surface area (Å²) in [5.41, 5.74) is 32.0. The predicted molar refractivity (Wildman–Crippen MR) is 407 cm³/mol. The molecule has 10 amide bonds. The van der Waals surface area contributed by atoms with E-state index in [0.717, 1.165) is 22.3 Å². The monoisotopic (exact) mass is 1450 g/mol. The van der Waals surface area contributed by atoms with E-state index >= 15 is 14.4 Å². The first-order valence-electron chi connectivity index (χ1n) is 37.0. The molecule has 4 aromatic carbocycles. The fourth-order valence-electron chi connectivity index (χ4n) is 13.5. The number of benzene rings is 4. The van der Waals surface area contributed by atoms with Crippen LogP contribution < -0.4 is 34.0 Å². The van der Waals surface area contributed by atoms with Crippen LogP contribution in [0.15, 0.2) is 131 Å². The molecule has 11 N–H and O–H groups in total. The maximum Gasteiger partial charge on any atom is 0.245 e. The van der Waals surface area contributed by atoms with Crippen LogP contribution in [0.4, 0.5) is 0 Å². The Morgan fingerprint density at radius 1 is 0.419 bits per heavy atom. The summed E-state index contributed by atoms with van der Waals surface area (Å²) in [7, 11) is 0. The topological polar surface area (TPSA) is 367 Å². The minimum absolute atomic E-state index is 0.0126. The standard InChI is InChI=1S/C78H115N17O10/c1-55(2)45-89(67(96)44-84-43-63(59-27-13-9-14-28-59)60-29-15-10-16-30-60)48-68(97)87(39-23-21-37-85-77(80)81)51-72(101)95(58(7)8)54-74(103)93-42-26-36-66(93)76(105)91(47-64(61-31-17-11-18-32-61)62-33-19-12-20-34-62)50-70(99)90(46-56(3)4)49-69(98)88(40-24-22-38-86-78(82)83)52-71(100)94(57(5)6)53-73(102)92-41-25-35-65(92)75(79)104/h9-20,27-34,55-58,63-66,84H,21-26,35-54H2,1-8H3,(H2,79,104)(H4,80,81,85)(H4,82,83,86).